The van der Waals surface area contributed by atoms with Crippen LogP contribution in [-0.4, -0.2) is 29.4 Å². The van der Waals surface area contributed by atoms with E-state index in [0.29, 0.717) is 12.8 Å². The molecule has 0 radical (unpaired) electrons. The topological polar surface area (TPSA) is 105 Å². The van der Waals surface area contributed by atoms with Crippen LogP contribution in [0.4, 0.5) is 4.79 Å². The number of cyclic esters (lactones) is 2. The van der Waals surface area contributed by atoms with Crippen LogP contribution in [0.2, 0.25) is 0 Å². The SMILES string of the molecule is CC(C)(CC(Cc1ccc(-c2ccccc2)cc1)CC1(C)C(=O)OC(C)(C)OC1=O)OC(N)=O. The van der Waals surface area contributed by atoms with E-state index in [4.69, 9.17) is 19.9 Å². The second-order valence-corrected chi connectivity index (χ2v) is 10.2. The number of carbonyl (C=O) groups is 3. The van der Waals surface area contributed by atoms with Gasteiger partial charge >= 0.3 is 18.0 Å². The maximum absolute atomic E-state index is 12.8. The summed E-state index contributed by atoms with van der Waals surface area (Å²) in [6.07, 6.45) is 0.239. The van der Waals surface area contributed by atoms with E-state index in [-0.39, 0.29) is 12.3 Å². The first-order valence-corrected chi connectivity index (χ1v) is 11.4. The Morgan fingerprint density at radius 2 is 1.47 bits per heavy atom. The van der Waals surface area contributed by atoms with Gasteiger partial charge < -0.3 is 19.9 Å². The number of carbonyl (C=O) groups excluding carboxylic acids is 3. The van der Waals surface area contributed by atoms with Crippen molar-refractivity contribution in [3.63, 3.8) is 0 Å². The van der Waals surface area contributed by atoms with Crippen molar-refractivity contribution in [1.82, 2.24) is 0 Å². The van der Waals surface area contributed by atoms with Gasteiger partial charge in [-0.25, -0.2) is 4.79 Å². The zero-order chi connectivity index (χ0) is 25.1. The number of rotatable bonds is 8. The van der Waals surface area contributed by atoms with Gasteiger partial charge in [-0.2, -0.15) is 0 Å². The molecule has 1 aliphatic heterocycles. The van der Waals surface area contributed by atoms with E-state index < -0.39 is 34.8 Å². The summed E-state index contributed by atoms with van der Waals surface area (Å²) >= 11 is 0. The minimum absolute atomic E-state index is 0.173. The molecule has 34 heavy (non-hydrogen) atoms. The van der Waals surface area contributed by atoms with Gasteiger partial charge in [-0.3, -0.25) is 9.59 Å². The number of hydrogen-bond donors (Lipinski definition) is 1. The maximum atomic E-state index is 12.8. The minimum Gasteiger partial charge on any atom is -0.444 e. The summed E-state index contributed by atoms with van der Waals surface area (Å²) in [5.74, 6) is -2.74. The summed E-state index contributed by atoms with van der Waals surface area (Å²) < 4.78 is 16.1. The molecule has 0 bridgehead atoms. The smallest absolute Gasteiger partial charge is 0.405 e. The number of esters is 2. The average Bonchev–Trinajstić information content (AvgIpc) is 2.71. The normalized spacial score (nSPS) is 17.9. The average molecular weight is 468 g/mol. The number of benzene rings is 2. The van der Waals surface area contributed by atoms with Crippen molar-refractivity contribution in [2.24, 2.45) is 17.1 Å². The number of ether oxygens (including phenoxy) is 3. The minimum atomic E-state index is -1.47. The Morgan fingerprint density at radius 3 is 2.00 bits per heavy atom. The first-order chi connectivity index (χ1) is 15.8. The van der Waals surface area contributed by atoms with Crippen LogP contribution in [0.3, 0.4) is 0 Å². The lowest BCUT2D eigenvalue weighted by Gasteiger charge is -2.40. The van der Waals surface area contributed by atoms with Gasteiger partial charge in [0, 0.05) is 13.8 Å². The van der Waals surface area contributed by atoms with Crippen molar-refractivity contribution in [2.45, 2.75) is 65.3 Å². The van der Waals surface area contributed by atoms with E-state index in [9.17, 15) is 14.4 Å². The molecule has 1 heterocycles. The van der Waals surface area contributed by atoms with Gasteiger partial charge in [0.05, 0.1) is 0 Å². The quantitative estimate of drug-likeness (QED) is 0.432. The third-order valence-corrected chi connectivity index (χ3v) is 6.02. The molecule has 0 aliphatic carbocycles. The molecule has 1 fully saturated rings. The summed E-state index contributed by atoms with van der Waals surface area (Å²) in [6, 6.07) is 18.2. The van der Waals surface area contributed by atoms with Crippen molar-refractivity contribution in [3.8, 4) is 11.1 Å². The summed E-state index contributed by atoms with van der Waals surface area (Å²) in [7, 11) is 0. The van der Waals surface area contributed by atoms with Crippen LogP contribution in [-0.2, 0) is 30.2 Å². The van der Waals surface area contributed by atoms with Gasteiger partial charge in [0.15, 0.2) is 5.41 Å². The van der Waals surface area contributed by atoms with Crippen LogP contribution >= 0.6 is 0 Å². The zero-order valence-corrected chi connectivity index (χ0v) is 20.4. The van der Waals surface area contributed by atoms with E-state index in [1.807, 2.05) is 54.6 Å². The molecule has 2 aromatic carbocycles. The van der Waals surface area contributed by atoms with Crippen LogP contribution in [0.25, 0.3) is 11.1 Å². The van der Waals surface area contributed by atoms with Gasteiger partial charge in [-0.1, -0.05) is 54.6 Å². The van der Waals surface area contributed by atoms with E-state index in [0.717, 1.165) is 16.7 Å². The Labute approximate surface area is 200 Å². The Morgan fingerprint density at radius 1 is 0.941 bits per heavy atom. The molecule has 0 saturated carbocycles. The van der Waals surface area contributed by atoms with Crippen molar-refractivity contribution in [1.29, 1.82) is 0 Å². The van der Waals surface area contributed by atoms with Crippen LogP contribution < -0.4 is 5.73 Å². The molecule has 1 atom stereocenters. The van der Waals surface area contributed by atoms with Crippen molar-refractivity contribution < 1.29 is 28.6 Å². The molecule has 0 aromatic heterocycles. The van der Waals surface area contributed by atoms with Crippen molar-refractivity contribution in [3.05, 3.63) is 60.2 Å². The number of hydrogen-bond acceptors (Lipinski definition) is 6. The molecule has 1 unspecified atom stereocenters. The molecule has 7 heteroatoms. The first kappa shape index (κ1) is 25.3. The molecule has 1 aliphatic rings. The number of nitrogens with two attached hydrogens (primary N) is 1. The molecule has 1 saturated heterocycles. The zero-order valence-electron chi connectivity index (χ0n) is 20.4. The molecule has 7 nitrogen and oxygen atoms in total. The molecular weight excluding hydrogens is 434 g/mol. The maximum Gasteiger partial charge on any atom is 0.405 e. The molecule has 2 N–H and O–H groups in total. The highest BCUT2D eigenvalue weighted by Gasteiger charge is 2.54. The number of amides is 1. The molecule has 0 spiro atoms. The lowest BCUT2D eigenvalue weighted by molar-refractivity contribution is -0.251. The monoisotopic (exact) mass is 467 g/mol. The largest absolute Gasteiger partial charge is 0.444 e. The third kappa shape index (κ3) is 6.16. The fraction of sp³-hybridized carbons (Fsp3) is 0.444. The Bertz CT molecular complexity index is 1020. The van der Waals surface area contributed by atoms with Crippen LogP contribution in [0, 0.1) is 11.3 Å². The van der Waals surface area contributed by atoms with Crippen LogP contribution in [0.5, 0.6) is 0 Å². The van der Waals surface area contributed by atoms with E-state index in [1.54, 1.807) is 20.8 Å². The van der Waals surface area contributed by atoms with Crippen molar-refractivity contribution >= 4 is 18.0 Å². The molecule has 182 valence electrons. The number of primary amides is 1. The molecule has 3 rings (SSSR count). The van der Waals surface area contributed by atoms with Gasteiger partial charge in [0.2, 0.25) is 0 Å². The van der Waals surface area contributed by atoms with Gasteiger partial charge in [-0.15, -0.1) is 0 Å². The predicted molar refractivity (Wildman–Crippen MR) is 127 cm³/mol. The van der Waals surface area contributed by atoms with E-state index in [1.165, 1.54) is 13.8 Å². The second-order valence-electron chi connectivity index (χ2n) is 10.2. The van der Waals surface area contributed by atoms with Crippen LogP contribution in [0.1, 0.15) is 53.0 Å². The lowest BCUT2D eigenvalue weighted by atomic mass is 9.74. The summed E-state index contributed by atoms with van der Waals surface area (Å²) in [4.78, 5) is 37.1. The highest BCUT2D eigenvalue weighted by Crippen LogP contribution is 2.40. The Balaban J connectivity index is 1.84. The van der Waals surface area contributed by atoms with E-state index in [2.05, 4.69) is 0 Å². The second kappa shape index (κ2) is 9.49. The fourth-order valence-electron chi connectivity index (χ4n) is 4.54. The highest BCUT2D eigenvalue weighted by atomic mass is 16.7. The first-order valence-electron chi connectivity index (χ1n) is 11.4. The molecule has 2 aromatic rings. The summed E-state index contributed by atoms with van der Waals surface area (Å²) in [5.41, 5.74) is 6.13. The van der Waals surface area contributed by atoms with Gasteiger partial charge in [0.1, 0.15) is 5.60 Å². The standard InChI is InChI=1S/C27H33NO6/c1-25(2,34-24(28)31)16-19(17-27(5)22(29)32-26(3,4)33-23(27)30)15-18-11-13-21(14-12-18)20-9-7-6-8-10-20/h6-14,19H,15-17H2,1-5H3,(H2,28,31). The molecular formula is C27H33NO6. The summed E-state index contributed by atoms with van der Waals surface area (Å²) in [5, 5.41) is 0. The fourth-order valence-corrected chi connectivity index (χ4v) is 4.54. The Hall–Kier alpha value is -3.35. The van der Waals surface area contributed by atoms with Gasteiger partial charge in [-0.05, 0) is 62.6 Å². The summed E-state index contributed by atoms with van der Waals surface area (Å²) in [6.45, 7) is 8.11. The van der Waals surface area contributed by atoms with Crippen molar-refractivity contribution in [2.75, 3.05) is 0 Å². The van der Waals surface area contributed by atoms with Crippen LogP contribution in [0.15, 0.2) is 54.6 Å². The Kier molecular flexibility index (Phi) is 7.05. The molecule has 1 amide bonds. The third-order valence-electron chi connectivity index (χ3n) is 6.02. The predicted octanol–water partition coefficient (Wildman–Crippen LogP) is 5.01. The van der Waals surface area contributed by atoms with E-state index >= 15 is 0 Å². The van der Waals surface area contributed by atoms with Gasteiger partial charge in [0.25, 0.3) is 5.79 Å². The highest BCUT2D eigenvalue weighted by molar-refractivity contribution is 6.01. The lowest BCUT2D eigenvalue weighted by Crippen LogP contribution is -2.53.